The second-order valence-corrected chi connectivity index (χ2v) is 8.83. The van der Waals surface area contributed by atoms with Gasteiger partial charge in [-0.3, -0.25) is 19.2 Å². The molecule has 9 nitrogen and oxygen atoms in total. The average molecular weight is 508 g/mol. The van der Waals surface area contributed by atoms with Crippen LogP contribution in [-0.4, -0.2) is 42.1 Å². The zero-order chi connectivity index (χ0) is 27.1. The molecule has 0 bridgehead atoms. The summed E-state index contributed by atoms with van der Waals surface area (Å²) in [6, 6.07) is 3.67. The number of nitrogens with two attached hydrogens (primary N) is 1. The van der Waals surface area contributed by atoms with Crippen molar-refractivity contribution in [2.24, 2.45) is 5.73 Å². The summed E-state index contributed by atoms with van der Waals surface area (Å²) in [5, 5.41) is 0. The van der Waals surface area contributed by atoms with Crippen LogP contribution >= 0.6 is 0 Å². The number of benzene rings is 1. The minimum atomic E-state index is -1.01. The number of carbonyl (C=O) groups excluding carboxylic acids is 4. The lowest BCUT2D eigenvalue weighted by Gasteiger charge is -2.22. The van der Waals surface area contributed by atoms with Gasteiger partial charge in [-0.1, -0.05) is 39.7 Å². The summed E-state index contributed by atoms with van der Waals surface area (Å²) in [6.07, 6.45) is 3.50. The number of rotatable bonds is 16. The minimum absolute atomic E-state index is 0.0907. The molecule has 1 aromatic carbocycles. The molecule has 2 N–H and O–H groups in total. The molecule has 0 aliphatic heterocycles. The molecule has 9 heteroatoms. The first-order valence-electron chi connectivity index (χ1n) is 12.8. The number of hydrogen-bond acceptors (Lipinski definition) is 9. The minimum Gasteiger partial charge on any atom is -0.459 e. The van der Waals surface area contributed by atoms with E-state index in [-0.39, 0.29) is 36.7 Å². The Hall–Kier alpha value is -2.94. The number of carbonyl (C=O) groups is 4. The number of esters is 4. The van der Waals surface area contributed by atoms with Gasteiger partial charge >= 0.3 is 23.9 Å². The Morgan fingerprint density at radius 3 is 1.92 bits per heavy atom. The van der Waals surface area contributed by atoms with E-state index in [1.165, 1.54) is 12.1 Å². The van der Waals surface area contributed by atoms with Crippen LogP contribution in [0.4, 0.5) is 0 Å². The molecule has 0 spiro atoms. The molecule has 202 valence electrons. The van der Waals surface area contributed by atoms with Gasteiger partial charge in [0.2, 0.25) is 0 Å². The molecule has 3 atom stereocenters. The smallest absolute Gasteiger partial charge is 0.323 e. The molecule has 36 heavy (non-hydrogen) atoms. The highest BCUT2D eigenvalue weighted by Crippen LogP contribution is 2.30. The van der Waals surface area contributed by atoms with E-state index in [0.29, 0.717) is 24.8 Å². The lowest BCUT2D eigenvalue weighted by Crippen LogP contribution is -2.39. The Balaban J connectivity index is 2.80. The van der Waals surface area contributed by atoms with Gasteiger partial charge in [0.15, 0.2) is 11.5 Å². The van der Waals surface area contributed by atoms with Crippen LogP contribution in [0.2, 0.25) is 0 Å². The maximum Gasteiger partial charge on any atom is 0.323 e. The van der Waals surface area contributed by atoms with Gasteiger partial charge in [0.25, 0.3) is 0 Å². The topological polar surface area (TPSA) is 131 Å². The molecule has 1 rings (SSSR count). The van der Waals surface area contributed by atoms with Gasteiger partial charge in [0.1, 0.15) is 18.2 Å². The summed E-state index contributed by atoms with van der Waals surface area (Å²) in [5.41, 5.74) is 6.66. The Morgan fingerprint density at radius 2 is 1.33 bits per heavy atom. The van der Waals surface area contributed by atoms with Crippen molar-refractivity contribution in [1.29, 1.82) is 0 Å². The summed E-state index contributed by atoms with van der Waals surface area (Å²) in [5.74, 6) is -1.66. The van der Waals surface area contributed by atoms with Crippen LogP contribution in [0.1, 0.15) is 91.5 Å². The predicted octanol–water partition coefficient (Wildman–Crippen LogP) is 4.41. The fraction of sp³-hybridized carbons (Fsp3) is 0.630. The molecule has 0 saturated carbocycles. The fourth-order valence-electron chi connectivity index (χ4n) is 3.18. The van der Waals surface area contributed by atoms with Gasteiger partial charge in [-0.05, 0) is 57.2 Å². The van der Waals surface area contributed by atoms with Crippen molar-refractivity contribution in [2.75, 3.05) is 0 Å². The van der Waals surface area contributed by atoms with Crippen molar-refractivity contribution < 1.29 is 38.1 Å². The van der Waals surface area contributed by atoms with E-state index in [1.54, 1.807) is 19.9 Å². The van der Waals surface area contributed by atoms with E-state index >= 15 is 0 Å². The summed E-state index contributed by atoms with van der Waals surface area (Å²) < 4.78 is 21.5. The van der Waals surface area contributed by atoms with Crippen molar-refractivity contribution in [3.63, 3.8) is 0 Å². The number of ether oxygens (including phenoxy) is 4. The van der Waals surface area contributed by atoms with Crippen LogP contribution in [0.5, 0.6) is 11.5 Å². The van der Waals surface area contributed by atoms with Crippen LogP contribution < -0.4 is 15.2 Å². The molecule has 0 aliphatic carbocycles. The van der Waals surface area contributed by atoms with E-state index in [2.05, 4.69) is 6.92 Å². The third-order valence-corrected chi connectivity index (χ3v) is 5.39. The average Bonchev–Trinajstić information content (AvgIpc) is 2.81. The van der Waals surface area contributed by atoms with Crippen LogP contribution in [0, 0.1) is 0 Å². The predicted molar refractivity (Wildman–Crippen MR) is 134 cm³/mol. The third kappa shape index (κ3) is 11.7. The Labute approximate surface area is 214 Å². The van der Waals surface area contributed by atoms with Gasteiger partial charge in [-0.15, -0.1) is 0 Å². The molecule has 0 aliphatic rings. The lowest BCUT2D eigenvalue weighted by molar-refractivity contribution is -0.166. The van der Waals surface area contributed by atoms with E-state index < -0.39 is 36.2 Å². The molecule has 0 radical (unpaired) electrons. The lowest BCUT2D eigenvalue weighted by atomic mass is 10.1. The molecule has 0 heterocycles. The van der Waals surface area contributed by atoms with Gasteiger partial charge in [-0.25, -0.2) is 0 Å². The van der Waals surface area contributed by atoms with Gasteiger partial charge in [0, 0.05) is 19.3 Å². The summed E-state index contributed by atoms with van der Waals surface area (Å²) >= 11 is 0. The SMILES string of the molecule is CCCCCC(=O)O[C@@H](C)[C@H](C)OC(=O)[C@@H](N)Cc1ccc(OC(=O)CCC)c(OC(=O)CCC)c1. The Morgan fingerprint density at radius 1 is 0.750 bits per heavy atom. The van der Waals surface area contributed by atoms with Crippen molar-refractivity contribution in [3.8, 4) is 11.5 Å². The van der Waals surface area contributed by atoms with Crippen molar-refractivity contribution in [2.45, 2.75) is 111 Å². The molecule has 0 aromatic heterocycles. The van der Waals surface area contributed by atoms with Crippen LogP contribution in [0.3, 0.4) is 0 Å². The molecule has 0 fully saturated rings. The fourth-order valence-corrected chi connectivity index (χ4v) is 3.18. The Bertz CT molecular complexity index is 869. The molecular formula is C27H41NO8. The molecule has 0 saturated heterocycles. The maximum absolute atomic E-state index is 12.5. The maximum atomic E-state index is 12.5. The van der Waals surface area contributed by atoms with Gasteiger partial charge in [-0.2, -0.15) is 0 Å². The highest BCUT2D eigenvalue weighted by atomic mass is 16.6. The molecule has 0 unspecified atom stereocenters. The van der Waals surface area contributed by atoms with Crippen LogP contribution in [-0.2, 0) is 35.1 Å². The van der Waals surface area contributed by atoms with E-state index in [4.69, 9.17) is 24.7 Å². The van der Waals surface area contributed by atoms with E-state index in [1.807, 2.05) is 13.8 Å². The van der Waals surface area contributed by atoms with Crippen molar-refractivity contribution >= 4 is 23.9 Å². The van der Waals surface area contributed by atoms with Crippen LogP contribution in [0.25, 0.3) is 0 Å². The Kier molecular flexibility index (Phi) is 14.4. The first-order valence-corrected chi connectivity index (χ1v) is 12.8. The second-order valence-electron chi connectivity index (χ2n) is 8.83. The van der Waals surface area contributed by atoms with Crippen LogP contribution in [0.15, 0.2) is 18.2 Å². The standard InChI is InChI=1S/C27H41NO8/c1-6-9-10-13-26(31)33-18(4)19(5)34-27(32)21(28)16-20-14-15-22(35-24(29)11-7-2)23(17-20)36-25(30)12-8-3/h14-15,17-19,21H,6-13,16,28H2,1-5H3/t18-,19-,21-/m0/s1. The second kappa shape index (κ2) is 16.7. The zero-order valence-electron chi connectivity index (χ0n) is 22.2. The van der Waals surface area contributed by atoms with E-state index in [9.17, 15) is 19.2 Å². The van der Waals surface area contributed by atoms with Crippen molar-refractivity contribution in [1.82, 2.24) is 0 Å². The summed E-state index contributed by atoms with van der Waals surface area (Å²) in [6.45, 7) is 9.05. The largest absolute Gasteiger partial charge is 0.459 e. The first-order chi connectivity index (χ1) is 17.1. The first kappa shape index (κ1) is 31.1. The van der Waals surface area contributed by atoms with Gasteiger partial charge < -0.3 is 24.7 Å². The monoisotopic (exact) mass is 507 g/mol. The summed E-state index contributed by atoms with van der Waals surface area (Å²) in [7, 11) is 0. The molecule has 1 aromatic rings. The molecule has 0 amide bonds. The number of unbranched alkanes of at least 4 members (excludes halogenated alkanes) is 2. The summed E-state index contributed by atoms with van der Waals surface area (Å²) in [4.78, 5) is 48.5. The van der Waals surface area contributed by atoms with E-state index in [0.717, 1.165) is 19.3 Å². The number of hydrogen-bond donors (Lipinski definition) is 1. The highest BCUT2D eigenvalue weighted by Gasteiger charge is 2.25. The quantitative estimate of drug-likeness (QED) is 0.196. The zero-order valence-corrected chi connectivity index (χ0v) is 22.2. The van der Waals surface area contributed by atoms with Crippen molar-refractivity contribution in [3.05, 3.63) is 23.8 Å². The molecular weight excluding hydrogens is 466 g/mol. The van der Waals surface area contributed by atoms with Gasteiger partial charge in [0.05, 0.1) is 0 Å². The third-order valence-electron chi connectivity index (χ3n) is 5.39. The highest BCUT2D eigenvalue weighted by molar-refractivity contribution is 5.77. The normalized spacial score (nSPS) is 13.3.